The van der Waals surface area contributed by atoms with Crippen LogP contribution in [0.3, 0.4) is 0 Å². The molecule has 96 valence electrons. The highest BCUT2D eigenvalue weighted by molar-refractivity contribution is 7.11. The Balaban J connectivity index is 2.48. The first-order valence-corrected chi connectivity index (χ1v) is 10.8. The van der Waals surface area contributed by atoms with Gasteiger partial charge in [0.1, 0.15) is 0 Å². The molecule has 0 nitrogen and oxygen atoms in total. The lowest BCUT2D eigenvalue weighted by Gasteiger charge is -2.52. The van der Waals surface area contributed by atoms with Gasteiger partial charge in [-0.05, 0) is 29.3 Å². The van der Waals surface area contributed by atoms with Crippen molar-refractivity contribution in [3.05, 3.63) is 22.4 Å². The normalized spacial score (nSPS) is 28.2. The lowest BCUT2D eigenvalue weighted by molar-refractivity contribution is 0.453. The van der Waals surface area contributed by atoms with Crippen LogP contribution >= 0.6 is 11.3 Å². The molecule has 0 N–H and O–H groups in total. The van der Waals surface area contributed by atoms with Crippen LogP contribution in [-0.4, -0.2) is 8.07 Å². The van der Waals surface area contributed by atoms with Gasteiger partial charge in [0.15, 0.2) is 0 Å². The van der Waals surface area contributed by atoms with Crippen molar-refractivity contribution < 1.29 is 0 Å². The van der Waals surface area contributed by atoms with E-state index in [0.29, 0.717) is 5.04 Å². The van der Waals surface area contributed by atoms with E-state index >= 15 is 0 Å². The second kappa shape index (κ2) is 5.27. The summed E-state index contributed by atoms with van der Waals surface area (Å²) in [5.74, 6) is 0. The van der Waals surface area contributed by atoms with E-state index in [2.05, 4.69) is 38.3 Å². The Morgan fingerprint density at radius 1 is 1.24 bits per heavy atom. The summed E-state index contributed by atoms with van der Waals surface area (Å²) >= 11 is 2.02. The lowest BCUT2D eigenvalue weighted by Crippen LogP contribution is -2.56. The molecule has 0 radical (unpaired) electrons. The molecule has 2 rings (SSSR count). The maximum Gasteiger partial charge on any atom is 0.0653 e. The van der Waals surface area contributed by atoms with E-state index < -0.39 is 8.07 Å². The van der Waals surface area contributed by atoms with Crippen LogP contribution in [0.25, 0.3) is 0 Å². The lowest BCUT2D eigenvalue weighted by atomic mass is 9.95. The molecule has 0 aliphatic carbocycles. The molecule has 1 aromatic heterocycles. The Morgan fingerprint density at radius 2 is 2.00 bits per heavy atom. The minimum absolute atomic E-state index is 0.614. The zero-order chi connectivity index (χ0) is 12.4. The van der Waals surface area contributed by atoms with Crippen molar-refractivity contribution >= 4 is 19.4 Å². The van der Waals surface area contributed by atoms with Gasteiger partial charge in [0, 0.05) is 4.88 Å². The molecule has 0 aromatic carbocycles. The van der Waals surface area contributed by atoms with Gasteiger partial charge in [0.25, 0.3) is 0 Å². The molecule has 1 aliphatic rings. The van der Waals surface area contributed by atoms with E-state index in [0.717, 1.165) is 0 Å². The summed E-state index contributed by atoms with van der Waals surface area (Å²) in [6.45, 7) is 7.39. The van der Waals surface area contributed by atoms with Crippen molar-refractivity contribution in [1.82, 2.24) is 0 Å². The number of hydrogen-bond donors (Lipinski definition) is 0. The van der Waals surface area contributed by atoms with Crippen LogP contribution in [0.4, 0.5) is 0 Å². The summed E-state index contributed by atoms with van der Waals surface area (Å²) in [5, 5.41) is 2.90. The van der Waals surface area contributed by atoms with Crippen LogP contribution in [-0.2, 0) is 5.04 Å². The molecule has 1 atom stereocenters. The summed E-state index contributed by atoms with van der Waals surface area (Å²) < 4.78 is 0. The molecule has 2 heterocycles. The maximum absolute atomic E-state index is 2.47. The van der Waals surface area contributed by atoms with Crippen molar-refractivity contribution in [2.45, 2.75) is 69.6 Å². The van der Waals surface area contributed by atoms with E-state index in [4.69, 9.17) is 0 Å². The first-order valence-electron chi connectivity index (χ1n) is 7.28. The first-order chi connectivity index (χ1) is 8.24. The molecule has 1 unspecified atom stereocenters. The summed E-state index contributed by atoms with van der Waals surface area (Å²) in [5.41, 5.74) is 0. The van der Waals surface area contributed by atoms with Gasteiger partial charge in [-0.15, -0.1) is 11.3 Å². The van der Waals surface area contributed by atoms with E-state index in [1.807, 2.05) is 11.3 Å². The van der Waals surface area contributed by atoms with Crippen molar-refractivity contribution in [2.75, 3.05) is 0 Å². The number of thiophene rings is 1. The predicted octanol–water partition coefficient (Wildman–Crippen LogP) is 5.61. The van der Waals surface area contributed by atoms with Crippen LogP contribution in [0.15, 0.2) is 17.5 Å². The van der Waals surface area contributed by atoms with Crippen LogP contribution in [0.5, 0.6) is 0 Å². The van der Waals surface area contributed by atoms with Gasteiger partial charge in [-0.25, -0.2) is 0 Å². The standard InChI is InChI=1S/C15H26SSi/c1-4-15(14-10-9-12-16-14)11-7-8-13-17(15,5-2)6-3/h9-10,12H,4-8,11,13H2,1-3H3. The molecular formula is C15H26SSi. The third-order valence-electron chi connectivity index (χ3n) is 5.47. The van der Waals surface area contributed by atoms with Crippen molar-refractivity contribution in [1.29, 1.82) is 0 Å². The molecule has 17 heavy (non-hydrogen) atoms. The summed E-state index contributed by atoms with van der Waals surface area (Å²) in [6, 6.07) is 9.22. The summed E-state index contributed by atoms with van der Waals surface area (Å²) in [6.07, 6.45) is 5.81. The Kier molecular flexibility index (Phi) is 4.14. The molecule has 1 fully saturated rings. The Hall–Kier alpha value is -0.0831. The highest BCUT2D eigenvalue weighted by atomic mass is 32.1. The third-order valence-corrected chi connectivity index (χ3v) is 13.7. The second-order valence-electron chi connectivity index (χ2n) is 5.61. The fourth-order valence-corrected chi connectivity index (χ4v) is 12.1. The molecule has 0 saturated carbocycles. The van der Waals surface area contributed by atoms with Crippen LogP contribution in [0.1, 0.15) is 51.3 Å². The second-order valence-corrected chi connectivity index (χ2v) is 12.0. The van der Waals surface area contributed by atoms with Gasteiger partial charge in [-0.1, -0.05) is 57.8 Å². The van der Waals surface area contributed by atoms with Crippen molar-refractivity contribution in [3.63, 3.8) is 0 Å². The van der Waals surface area contributed by atoms with E-state index in [-0.39, 0.29) is 0 Å². The van der Waals surface area contributed by atoms with Gasteiger partial charge in [0.05, 0.1) is 8.07 Å². The fourth-order valence-electron chi connectivity index (χ4n) is 4.34. The Bertz CT molecular complexity index is 340. The highest BCUT2D eigenvalue weighted by Crippen LogP contribution is 2.52. The predicted molar refractivity (Wildman–Crippen MR) is 81.7 cm³/mol. The summed E-state index contributed by atoms with van der Waals surface area (Å²) in [7, 11) is -1.10. The van der Waals surface area contributed by atoms with Gasteiger partial charge < -0.3 is 0 Å². The molecule has 1 aromatic rings. The minimum atomic E-state index is -1.10. The monoisotopic (exact) mass is 266 g/mol. The SMILES string of the molecule is CCC1(c2cccs2)CCCC[Si]1(CC)CC. The van der Waals surface area contributed by atoms with Gasteiger partial charge in [-0.2, -0.15) is 0 Å². The molecule has 1 aliphatic heterocycles. The molecule has 0 spiro atoms. The number of rotatable bonds is 4. The molecule has 1 saturated heterocycles. The van der Waals surface area contributed by atoms with Gasteiger partial charge in [0.2, 0.25) is 0 Å². The van der Waals surface area contributed by atoms with Crippen LogP contribution in [0, 0.1) is 0 Å². The largest absolute Gasteiger partial charge is 0.149 e. The maximum atomic E-state index is 2.47. The third kappa shape index (κ3) is 1.93. The number of hydrogen-bond acceptors (Lipinski definition) is 1. The van der Waals surface area contributed by atoms with Crippen LogP contribution < -0.4 is 0 Å². The van der Waals surface area contributed by atoms with Crippen LogP contribution in [0.2, 0.25) is 18.1 Å². The Morgan fingerprint density at radius 3 is 2.53 bits per heavy atom. The molecule has 0 amide bonds. The fraction of sp³-hybridized carbons (Fsp3) is 0.733. The van der Waals surface area contributed by atoms with Crippen molar-refractivity contribution in [2.24, 2.45) is 0 Å². The smallest absolute Gasteiger partial charge is 0.0653 e. The summed E-state index contributed by atoms with van der Waals surface area (Å²) in [4.78, 5) is 1.72. The molecular weight excluding hydrogens is 240 g/mol. The van der Waals surface area contributed by atoms with Gasteiger partial charge >= 0.3 is 0 Å². The van der Waals surface area contributed by atoms with E-state index in [1.54, 1.807) is 10.9 Å². The average molecular weight is 267 g/mol. The quantitative estimate of drug-likeness (QED) is 0.622. The van der Waals surface area contributed by atoms with E-state index in [1.165, 1.54) is 37.8 Å². The van der Waals surface area contributed by atoms with E-state index in [9.17, 15) is 0 Å². The average Bonchev–Trinajstić information content (AvgIpc) is 2.92. The zero-order valence-corrected chi connectivity index (χ0v) is 13.4. The topological polar surface area (TPSA) is 0 Å². The minimum Gasteiger partial charge on any atom is -0.149 e. The highest BCUT2D eigenvalue weighted by Gasteiger charge is 2.52. The first kappa shape index (κ1) is 13.4. The Labute approximate surface area is 111 Å². The zero-order valence-electron chi connectivity index (χ0n) is 11.6. The molecule has 0 bridgehead atoms. The molecule has 2 heteroatoms. The van der Waals surface area contributed by atoms with Gasteiger partial charge in [-0.3, -0.25) is 0 Å². The van der Waals surface area contributed by atoms with Crippen molar-refractivity contribution in [3.8, 4) is 0 Å².